The zero-order chi connectivity index (χ0) is 25.9. The largest absolute Gasteiger partial charge is 0.486 e. The van der Waals surface area contributed by atoms with Crippen molar-refractivity contribution in [1.82, 2.24) is 0 Å². The van der Waals surface area contributed by atoms with Gasteiger partial charge in [0.05, 0.1) is 21.2 Å². The molecule has 0 saturated carbocycles. The third-order valence-corrected chi connectivity index (χ3v) is 7.51. The lowest BCUT2D eigenvalue weighted by Crippen LogP contribution is -2.30. The Balaban J connectivity index is 1.47. The molecule has 1 amide bonds. The number of rotatable bonds is 7. The number of ether oxygens (including phenoxy) is 3. The van der Waals surface area contributed by atoms with Gasteiger partial charge in [-0.05, 0) is 49.4 Å². The fourth-order valence-corrected chi connectivity index (χ4v) is 4.82. The van der Waals surface area contributed by atoms with E-state index in [0.29, 0.717) is 36.1 Å². The van der Waals surface area contributed by atoms with Gasteiger partial charge in [0.25, 0.3) is 15.9 Å². The predicted octanol–water partition coefficient (Wildman–Crippen LogP) is 4.12. The predicted molar refractivity (Wildman–Crippen MR) is 134 cm³/mol. The average molecular weight is 531 g/mol. The lowest BCUT2D eigenvalue weighted by molar-refractivity contribution is -0.123. The van der Waals surface area contributed by atoms with Gasteiger partial charge < -0.3 is 19.5 Å². The van der Waals surface area contributed by atoms with Crippen LogP contribution in [0.5, 0.6) is 11.5 Å². The van der Waals surface area contributed by atoms with Gasteiger partial charge in [-0.15, -0.1) is 0 Å². The molecule has 3 aromatic carbocycles. The Bertz CT molecular complexity index is 1400. The normalized spacial score (nSPS) is 13.4. The first kappa shape index (κ1) is 25.3. The highest BCUT2D eigenvalue weighted by Crippen LogP contribution is 2.32. The first-order valence-corrected chi connectivity index (χ1v) is 12.7. The topological polar surface area (TPSA) is 111 Å². The number of sulfonamides is 1. The number of carbonyl (C=O) groups excluding carboxylic acids is 2. The van der Waals surface area contributed by atoms with Crippen LogP contribution in [0.25, 0.3) is 0 Å². The molecule has 0 radical (unpaired) electrons. The van der Waals surface area contributed by atoms with Crippen molar-refractivity contribution in [2.75, 3.05) is 29.9 Å². The molecule has 1 atom stereocenters. The van der Waals surface area contributed by atoms with E-state index < -0.39 is 28.0 Å². The van der Waals surface area contributed by atoms with Gasteiger partial charge in [0.15, 0.2) is 17.6 Å². The molecule has 0 fully saturated rings. The van der Waals surface area contributed by atoms with Crippen molar-refractivity contribution in [2.45, 2.75) is 17.9 Å². The Morgan fingerprint density at radius 1 is 1.00 bits per heavy atom. The van der Waals surface area contributed by atoms with Crippen LogP contribution in [0, 0.1) is 0 Å². The fraction of sp³-hybridized carbons (Fsp3) is 0.200. The summed E-state index contributed by atoms with van der Waals surface area (Å²) < 4.78 is 43.5. The van der Waals surface area contributed by atoms with E-state index in [2.05, 4.69) is 5.32 Å². The number of carbonyl (C=O) groups is 2. The second-order valence-corrected chi connectivity index (χ2v) is 10.2. The van der Waals surface area contributed by atoms with Crippen LogP contribution in [-0.2, 0) is 19.6 Å². The Morgan fingerprint density at radius 3 is 2.42 bits per heavy atom. The molecule has 188 valence electrons. The summed E-state index contributed by atoms with van der Waals surface area (Å²) in [5.41, 5.74) is 0.696. The van der Waals surface area contributed by atoms with Gasteiger partial charge >= 0.3 is 5.97 Å². The maximum Gasteiger partial charge on any atom is 0.340 e. The number of esters is 1. The van der Waals surface area contributed by atoms with Crippen molar-refractivity contribution in [3.05, 3.63) is 77.3 Å². The number of hydrogen-bond acceptors (Lipinski definition) is 7. The fourth-order valence-electron chi connectivity index (χ4n) is 3.40. The van der Waals surface area contributed by atoms with Gasteiger partial charge in [-0.2, -0.15) is 0 Å². The molecule has 1 aliphatic rings. The van der Waals surface area contributed by atoms with Crippen LogP contribution in [0.2, 0.25) is 5.02 Å². The molecule has 36 heavy (non-hydrogen) atoms. The molecular formula is C25H23ClN2O7S. The molecule has 0 aromatic heterocycles. The van der Waals surface area contributed by atoms with Gasteiger partial charge in [0, 0.05) is 18.8 Å². The minimum absolute atomic E-state index is 0.0132. The van der Waals surface area contributed by atoms with Crippen molar-refractivity contribution in [2.24, 2.45) is 0 Å². The van der Waals surface area contributed by atoms with E-state index in [-0.39, 0.29) is 15.5 Å². The summed E-state index contributed by atoms with van der Waals surface area (Å²) in [7, 11) is -2.59. The molecule has 0 aliphatic carbocycles. The number of nitrogens with zero attached hydrogens (tertiary/aromatic N) is 1. The second-order valence-electron chi connectivity index (χ2n) is 7.84. The molecule has 11 heteroatoms. The zero-order valence-electron chi connectivity index (χ0n) is 19.4. The highest BCUT2D eigenvalue weighted by molar-refractivity contribution is 7.92. The van der Waals surface area contributed by atoms with E-state index in [0.717, 1.165) is 10.4 Å². The molecular weight excluding hydrogens is 508 g/mol. The summed E-state index contributed by atoms with van der Waals surface area (Å²) in [6.07, 6.45) is -1.20. The number of fused-ring (bicyclic) bond motifs is 1. The Morgan fingerprint density at radius 2 is 1.69 bits per heavy atom. The van der Waals surface area contributed by atoms with Crippen molar-refractivity contribution >= 4 is 44.9 Å². The summed E-state index contributed by atoms with van der Waals surface area (Å²) in [6.45, 7) is 2.23. The molecule has 4 rings (SSSR count). The first-order valence-electron chi connectivity index (χ1n) is 10.9. The summed E-state index contributed by atoms with van der Waals surface area (Å²) >= 11 is 6.16. The molecule has 0 spiro atoms. The molecule has 0 unspecified atom stereocenters. The standard InChI is InChI=1S/C25H23ClN2O7S/c1-16(24(29)27-17-8-11-22-23(14-17)34-13-12-33-22)35-25(30)20-15-19(9-10-21(20)26)36(31,32)28(2)18-6-4-3-5-7-18/h3-11,14-16H,12-13H2,1-2H3,(H,27,29)/t16-/m0/s1. The number of amides is 1. The van der Waals surface area contributed by atoms with E-state index in [9.17, 15) is 18.0 Å². The third kappa shape index (κ3) is 5.39. The van der Waals surface area contributed by atoms with Crippen LogP contribution in [0.4, 0.5) is 11.4 Å². The molecule has 1 heterocycles. The molecule has 3 aromatic rings. The van der Waals surface area contributed by atoms with Crippen LogP contribution in [0.3, 0.4) is 0 Å². The monoisotopic (exact) mass is 530 g/mol. The van der Waals surface area contributed by atoms with Crippen LogP contribution in [0.1, 0.15) is 17.3 Å². The number of nitrogens with one attached hydrogen (secondary N) is 1. The lowest BCUT2D eigenvalue weighted by Gasteiger charge is -2.20. The van der Waals surface area contributed by atoms with Crippen LogP contribution >= 0.6 is 11.6 Å². The number of para-hydroxylation sites is 1. The smallest absolute Gasteiger partial charge is 0.340 e. The van der Waals surface area contributed by atoms with E-state index in [1.807, 2.05) is 0 Å². The zero-order valence-corrected chi connectivity index (χ0v) is 21.0. The van der Waals surface area contributed by atoms with Crippen molar-refractivity contribution < 1.29 is 32.2 Å². The maximum absolute atomic E-state index is 13.1. The summed E-state index contributed by atoms with van der Waals surface area (Å²) in [5, 5.41) is 2.63. The number of halogens is 1. The van der Waals surface area contributed by atoms with Gasteiger partial charge in [-0.3, -0.25) is 9.10 Å². The maximum atomic E-state index is 13.1. The van der Waals surface area contributed by atoms with Gasteiger partial charge in [-0.25, -0.2) is 13.2 Å². The van der Waals surface area contributed by atoms with Gasteiger partial charge in [-0.1, -0.05) is 29.8 Å². The minimum atomic E-state index is -3.99. The Labute approximate surface area is 213 Å². The van der Waals surface area contributed by atoms with E-state index in [1.54, 1.807) is 48.5 Å². The minimum Gasteiger partial charge on any atom is -0.486 e. The third-order valence-electron chi connectivity index (χ3n) is 5.40. The molecule has 1 N–H and O–H groups in total. The Kier molecular flexibility index (Phi) is 7.37. The summed E-state index contributed by atoms with van der Waals surface area (Å²) in [4.78, 5) is 25.3. The summed E-state index contributed by atoms with van der Waals surface area (Å²) in [5.74, 6) is -0.469. The van der Waals surface area contributed by atoms with Crippen LogP contribution in [-0.4, -0.2) is 46.7 Å². The quantitative estimate of drug-likeness (QED) is 0.457. The van der Waals surface area contributed by atoms with E-state index >= 15 is 0 Å². The molecule has 9 nitrogen and oxygen atoms in total. The van der Waals surface area contributed by atoms with Crippen LogP contribution < -0.4 is 19.1 Å². The highest BCUT2D eigenvalue weighted by atomic mass is 35.5. The average Bonchev–Trinajstić information content (AvgIpc) is 2.88. The van der Waals surface area contributed by atoms with Crippen molar-refractivity contribution in [3.8, 4) is 11.5 Å². The molecule has 1 aliphatic heterocycles. The van der Waals surface area contributed by atoms with Gasteiger partial charge in [0.2, 0.25) is 0 Å². The Hall–Kier alpha value is -3.76. The number of hydrogen-bond donors (Lipinski definition) is 1. The number of benzene rings is 3. The van der Waals surface area contributed by atoms with Crippen LogP contribution in [0.15, 0.2) is 71.6 Å². The molecule has 0 saturated heterocycles. The lowest BCUT2D eigenvalue weighted by atomic mass is 10.2. The van der Waals surface area contributed by atoms with E-state index in [1.165, 1.54) is 26.1 Å². The second kappa shape index (κ2) is 10.5. The van der Waals surface area contributed by atoms with Crippen molar-refractivity contribution in [1.29, 1.82) is 0 Å². The number of anilines is 2. The highest BCUT2D eigenvalue weighted by Gasteiger charge is 2.26. The SMILES string of the molecule is C[C@H](OC(=O)c1cc(S(=O)(=O)N(C)c2ccccc2)ccc1Cl)C(=O)Nc1ccc2c(c1)OCCO2. The van der Waals surface area contributed by atoms with Gasteiger partial charge in [0.1, 0.15) is 13.2 Å². The van der Waals surface area contributed by atoms with E-state index in [4.69, 9.17) is 25.8 Å². The first-order chi connectivity index (χ1) is 17.2. The molecule has 0 bridgehead atoms. The summed E-state index contributed by atoms with van der Waals surface area (Å²) in [6, 6.07) is 17.1. The van der Waals surface area contributed by atoms with Crippen molar-refractivity contribution in [3.63, 3.8) is 0 Å².